The van der Waals surface area contributed by atoms with Crippen molar-refractivity contribution in [3.63, 3.8) is 0 Å². The van der Waals surface area contributed by atoms with E-state index >= 15 is 0 Å². The number of halogens is 1. The van der Waals surface area contributed by atoms with Crippen LogP contribution in [0.4, 0.5) is 4.39 Å². The van der Waals surface area contributed by atoms with E-state index in [1.165, 1.54) is 41.9 Å². The number of hydrogen-bond acceptors (Lipinski definition) is 2. The molecule has 2 aromatic rings. The molecule has 0 saturated heterocycles. The van der Waals surface area contributed by atoms with Gasteiger partial charge in [0.15, 0.2) is 0 Å². The van der Waals surface area contributed by atoms with Crippen molar-refractivity contribution in [2.24, 2.45) is 0 Å². The Hall–Kier alpha value is -1.68. The van der Waals surface area contributed by atoms with Crippen molar-refractivity contribution in [1.29, 1.82) is 0 Å². The molecule has 1 aromatic heterocycles. The summed E-state index contributed by atoms with van der Waals surface area (Å²) in [5.41, 5.74) is 4.89. The van der Waals surface area contributed by atoms with E-state index in [-0.39, 0.29) is 5.82 Å². The van der Waals surface area contributed by atoms with Gasteiger partial charge in [-0.2, -0.15) is 5.10 Å². The zero-order valence-electron chi connectivity index (χ0n) is 10.7. The third-order valence-corrected chi connectivity index (χ3v) is 4.00. The average Bonchev–Trinajstić information content (AvgIpc) is 3.21. The maximum Gasteiger partial charge on any atom is 0.123 e. The number of nitrogens with zero attached hydrogens (tertiary/aromatic N) is 2. The first-order chi connectivity index (χ1) is 9.33. The van der Waals surface area contributed by atoms with E-state index in [4.69, 9.17) is 5.10 Å². The first-order valence-electron chi connectivity index (χ1n) is 6.90. The van der Waals surface area contributed by atoms with E-state index in [0.29, 0.717) is 5.92 Å². The number of nitrogens with one attached hydrogen (secondary N) is 1. The lowest BCUT2D eigenvalue weighted by atomic mass is 10.0. The molecule has 19 heavy (non-hydrogen) atoms. The van der Waals surface area contributed by atoms with Crippen molar-refractivity contribution in [3.8, 4) is 5.69 Å². The molecule has 1 saturated carbocycles. The maximum absolute atomic E-state index is 13.0. The number of aromatic nitrogens is 2. The predicted octanol–water partition coefficient (Wildman–Crippen LogP) is 2.53. The van der Waals surface area contributed by atoms with Crippen LogP contribution in [0.25, 0.3) is 5.69 Å². The van der Waals surface area contributed by atoms with Gasteiger partial charge in [0.1, 0.15) is 5.82 Å². The van der Waals surface area contributed by atoms with E-state index in [1.807, 2.05) is 4.68 Å². The Kier molecular flexibility index (Phi) is 2.45. The lowest BCUT2D eigenvalue weighted by molar-refractivity contribution is 0.618. The van der Waals surface area contributed by atoms with Crippen molar-refractivity contribution in [2.45, 2.75) is 31.7 Å². The van der Waals surface area contributed by atoms with Crippen molar-refractivity contribution >= 4 is 0 Å². The van der Waals surface area contributed by atoms with Crippen LogP contribution in [0, 0.1) is 5.82 Å². The van der Waals surface area contributed by atoms with Gasteiger partial charge in [0.2, 0.25) is 0 Å². The Bertz CT molecular complexity index is 611. The van der Waals surface area contributed by atoms with Gasteiger partial charge in [-0.25, -0.2) is 9.07 Å². The fraction of sp³-hybridized carbons (Fsp3) is 0.400. The highest BCUT2D eigenvalue weighted by Gasteiger charge is 2.32. The highest BCUT2D eigenvalue weighted by atomic mass is 19.1. The Morgan fingerprint density at radius 3 is 2.74 bits per heavy atom. The quantitative estimate of drug-likeness (QED) is 0.896. The van der Waals surface area contributed by atoms with Crippen molar-refractivity contribution in [3.05, 3.63) is 47.0 Å². The van der Waals surface area contributed by atoms with Crippen LogP contribution in [0.3, 0.4) is 0 Å². The minimum Gasteiger partial charge on any atom is -0.312 e. The summed E-state index contributed by atoms with van der Waals surface area (Å²) in [4.78, 5) is 0. The van der Waals surface area contributed by atoms with E-state index in [1.54, 1.807) is 12.1 Å². The standard InChI is InChI=1S/C15H16FN3/c16-11-3-5-12(6-4-11)19-14-7-8-17-9-13(14)15(18-19)10-1-2-10/h3-6,10,17H,1-2,7-9H2. The van der Waals surface area contributed by atoms with Crippen molar-refractivity contribution in [2.75, 3.05) is 6.54 Å². The molecule has 1 aromatic carbocycles. The van der Waals surface area contributed by atoms with Gasteiger partial charge >= 0.3 is 0 Å². The van der Waals surface area contributed by atoms with Gasteiger partial charge in [-0.3, -0.25) is 0 Å². The number of fused-ring (bicyclic) bond motifs is 1. The Morgan fingerprint density at radius 1 is 1.21 bits per heavy atom. The zero-order valence-corrected chi connectivity index (χ0v) is 10.7. The summed E-state index contributed by atoms with van der Waals surface area (Å²) in [7, 11) is 0. The van der Waals surface area contributed by atoms with Crippen molar-refractivity contribution in [1.82, 2.24) is 15.1 Å². The summed E-state index contributed by atoms with van der Waals surface area (Å²) >= 11 is 0. The van der Waals surface area contributed by atoms with Gasteiger partial charge in [-0.1, -0.05) is 0 Å². The molecule has 1 N–H and O–H groups in total. The third-order valence-electron chi connectivity index (χ3n) is 4.00. The normalized spacial score (nSPS) is 18.4. The zero-order chi connectivity index (χ0) is 12.8. The van der Waals surface area contributed by atoms with Gasteiger partial charge < -0.3 is 5.32 Å². The molecule has 0 radical (unpaired) electrons. The second-order valence-corrected chi connectivity index (χ2v) is 5.40. The fourth-order valence-electron chi connectivity index (χ4n) is 2.85. The van der Waals surface area contributed by atoms with Crippen LogP contribution in [0.1, 0.15) is 35.7 Å². The van der Waals surface area contributed by atoms with E-state index in [9.17, 15) is 4.39 Å². The second-order valence-electron chi connectivity index (χ2n) is 5.40. The van der Waals surface area contributed by atoms with Crippen LogP contribution in [-0.2, 0) is 13.0 Å². The molecular formula is C15H16FN3. The van der Waals surface area contributed by atoms with Crippen LogP contribution in [-0.4, -0.2) is 16.3 Å². The van der Waals surface area contributed by atoms with Gasteiger partial charge in [0.05, 0.1) is 17.1 Å². The molecule has 0 amide bonds. The molecule has 98 valence electrons. The van der Waals surface area contributed by atoms with Gasteiger partial charge in [-0.05, 0) is 37.1 Å². The first kappa shape index (κ1) is 11.2. The molecule has 0 spiro atoms. The van der Waals surface area contributed by atoms with E-state index in [0.717, 1.165) is 25.2 Å². The molecule has 2 heterocycles. The third kappa shape index (κ3) is 1.87. The summed E-state index contributed by atoms with van der Waals surface area (Å²) in [6, 6.07) is 6.62. The monoisotopic (exact) mass is 257 g/mol. The lowest BCUT2D eigenvalue weighted by Gasteiger charge is -2.15. The summed E-state index contributed by atoms with van der Waals surface area (Å²) in [5, 5.41) is 8.23. The summed E-state index contributed by atoms with van der Waals surface area (Å²) in [6.45, 7) is 1.91. The molecule has 1 aliphatic heterocycles. The molecule has 0 bridgehead atoms. The molecular weight excluding hydrogens is 241 g/mol. The fourth-order valence-corrected chi connectivity index (χ4v) is 2.85. The maximum atomic E-state index is 13.0. The first-order valence-corrected chi connectivity index (χ1v) is 6.90. The summed E-state index contributed by atoms with van der Waals surface area (Å²) in [6.07, 6.45) is 3.51. The van der Waals surface area contributed by atoms with E-state index in [2.05, 4.69) is 5.32 Å². The van der Waals surface area contributed by atoms with Gasteiger partial charge in [0.25, 0.3) is 0 Å². The Labute approximate surface area is 111 Å². The highest BCUT2D eigenvalue weighted by molar-refractivity contribution is 5.41. The lowest BCUT2D eigenvalue weighted by Crippen LogP contribution is -2.24. The topological polar surface area (TPSA) is 29.9 Å². The molecule has 1 fully saturated rings. The molecule has 0 unspecified atom stereocenters. The van der Waals surface area contributed by atoms with Gasteiger partial charge in [-0.15, -0.1) is 0 Å². The molecule has 2 aliphatic rings. The molecule has 3 nitrogen and oxygen atoms in total. The minimum absolute atomic E-state index is 0.200. The summed E-state index contributed by atoms with van der Waals surface area (Å²) < 4.78 is 15.1. The summed E-state index contributed by atoms with van der Waals surface area (Å²) in [5.74, 6) is 0.448. The van der Waals surface area contributed by atoms with Crippen LogP contribution >= 0.6 is 0 Å². The van der Waals surface area contributed by atoms with Crippen LogP contribution in [0.5, 0.6) is 0 Å². The highest BCUT2D eigenvalue weighted by Crippen LogP contribution is 2.42. The van der Waals surface area contributed by atoms with Crippen LogP contribution in [0.2, 0.25) is 0 Å². The van der Waals surface area contributed by atoms with Crippen LogP contribution in [0.15, 0.2) is 24.3 Å². The molecule has 4 rings (SSSR count). The van der Waals surface area contributed by atoms with Gasteiger partial charge in [0, 0.05) is 31.0 Å². The molecule has 4 heteroatoms. The smallest absolute Gasteiger partial charge is 0.123 e. The van der Waals surface area contributed by atoms with E-state index < -0.39 is 0 Å². The predicted molar refractivity (Wildman–Crippen MR) is 70.9 cm³/mol. The Morgan fingerprint density at radius 2 is 2.00 bits per heavy atom. The minimum atomic E-state index is -0.200. The van der Waals surface area contributed by atoms with Crippen LogP contribution < -0.4 is 5.32 Å². The molecule has 0 atom stereocenters. The second kappa shape index (κ2) is 4.17. The number of rotatable bonds is 2. The SMILES string of the molecule is Fc1ccc(-n2nc(C3CC3)c3c2CCNC3)cc1. The Balaban J connectivity index is 1.85. The average molecular weight is 257 g/mol. The number of hydrogen-bond donors (Lipinski definition) is 1. The largest absolute Gasteiger partial charge is 0.312 e. The number of benzene rings is 1. The molecule has 1 aliphatic carbocycles. The van der Waals surface area contributed by atoms with Crippen molar-refractivity contribution < 1.29 is 4.39 Å².